The number of anilines is 3. The van der Waals surface area contributed by atoms with Gasteiger partial charge < -0.3 is 10.6 Å². The van der Waals surface area contributed by atoms with Gasteiger partial charge in [-0.3, -0.25) is 9.78 Å². The van der Waals surface area contributed by atoms with Gasteiger partial charge in [0, 0.05) is 22.6 Å². The zero-order valence-corrected chi connectivity index (χ0v) is 15.4. The number of benzene rings is 2. The van der Waals surface area contributed by atoms with E-state index in [0.717, 1.165) is 22.6 Å². The van der Waals surface area contributed by atoms with Gasteiger partial charge in [-0.2, -0.15) is 0 Å². The fraction of sp³-hybridized carbons (Fsp3) is 0.143. The first-order valence-electron chi connectivity index (χ1n) is 8.41. The maximum absolute atomic E-state index is 12.6. The minimum absolute atomic E-state index is 0.194. The van der Waals surface area contributed by atoms with Gasteiger partial charge in [-0.05, 0) is 41.8 Å². The van der Waals surface area contributed by atoms with E-state index in [-0.39, 0.29) is 5.91 Å². The molecule has 1 heterocycles. The van der Waals surface area contributed by atoms with Gasteiger partial charge in [-0.15, -0.1) is 0 Å². The minimum Gasteiger partial charge on any atom is -0.354 e. The summed E-state index contributed by atoms with van der Waals surface area (Å²) in [5.41, 5.74) is 3.96. The molecule has 0 aliphatic rings. The molecule has 5 heteroatoms. The Bertz CT molecular complexity index is 924. The summed E-state index contributed by atoms with van der Waals surface area (Å²) >= 11 is 6.00. The van der Waals surface area contributed by atoms with Crippen molar-refractivity contribution < 1.29 is 4.79 Å². The van der Waals surface area contributed by atoms with E-state index in [9.17, 15) is 4.79 Å². The summed E-state index contributed by atoms with van der Waals surface area (Å²) in [6, 6.07) is 17.0. The Morgan fingerprint density at radius 1 is 1.00 bits per heavy atom. The second-order valence-corrected chi connectivity index (χ2v) is 6.73. The highest BCUT2D eigenvalue weighted by Crippen LogP contribution is 2.25. The normalized spacial score (nSPS) is 10.6. The minimum atomic E-state index is -0.194. The maximum Gasteiger partial charge on any atom is 0.257 e. The Balaban J connectivity index is 1.79. The lowest BCUT2D eigenvalue weighted by atomic mass is 10.0. The zero-order valence-electron chi connectivity index (χ0n) is 14.7. The van der Waals surface area contributed by atoms with Crippen molar-refractivity contribution >= 4 is 34.6 Å². The molecule has 3 aromatic rings. The molecular formula is C21H20ClN3O. The van der Waals surface area contributed by atoms with Crippen molar-refractivity contribution in [3.63, 3.8) is 0 Å². The number of rotatable bonds is 5. The molecule has 1 aromatic heterocycles. The van der Waals surface area contributed by atoms with Gasteiger partial charge in [0.05, 0.1) is 17.4 Å². The molecule has 0 unspecified atom stereocenters. The molecule has 0 saturated carbocycles. The third-order valence-corrected chi connectivity index (χ3v) is 4.18. The van der Waals surface area contributed by atoms with Crippen LogP contribution in [-0.4, -0.2) is 10.9 Å². The Kier molecular flexibility index (Phi) is 5.54. The summed E-state index contributed by atoms with van der Waals surface area (Å²) in [7, 11) is 0. The lowest BCUT2D eigenvalue weighted by Gasteiger charge is -2.14. The highest BCUT2D eigenvalue weighted by Gasteiger charge is 2.12. The predicted molar refractivity (Wildman–Crippen MR) is 107 cm³/mol. The maximum atomic E-state index is 12.6. The molecule has 0 atom stereocenters. The van der Waals surface area contributed by atoms with E-state index < -0.39 is 0 Å². The summed E-state index contributed by atoms with van der Waals surface area (Å²) < 4.78 is 0. The Hall–Kier alpha value is -2.85. The summed E-state index contributed by atoms with van der Waals surface area (Å²) in [4.78, 5) is 16.8. The summed E-state index contributed by atoms with van der Waals surface area (Å²) in [6.45, 7) is 4.20. The second kappa shape index (κ2) is 8.02. The zero-order chi connectivity index (χ0) is 18.5. The van der Waals surface area contributed by atoms with Crippen molar-refractivity contribution in [2.45, 2.75) is 19.8 Å². The van der Waals surface area contributed by atoms with E-state index in [1.807, 2.05) is 42.5 Å². The van der Waals surface area contributed by atoms with Gasteiger partial charge in [0.25, 0.3) is 5.91 Å². The quantitative estimate of drug-likeness (QED) is 0.595. The lowest BCUT2D eigenvalue weighted by molar-refractivity contribution is 0.102. The van der Waals surface area contributed by atoms with Crippen LogP contribution in [0.25, 0.3) is 0 Å². The second-order valence-electron chi connectivity index (χ2n) is 6.29. The fourth-order valence-electron chi connectivity index (χ4n) is 2.67. The van der Waals surface area contributed by atoms with Crippen molar-refractivity contribution in [3.8, 4) is 0 Å². The predicted octanol–water partition coefficient (Wildman–Crippen LogP) is 5.85. The lowest BCUT2D eigenvalue weighted by Crippen LogP contribution is -2.14. The first kappa shape index (κ1) is 18.0. The molecule has 0 radical (unpaired) electrons. The van der Waals surface area contributed by atoms with Crippen LogP contribution < -0.4 is 10.6 Å². The number of halogens is 1. The number of nitrogens with one attached hydrogen (secondary N) is 2. The molecule has 0 aliphatic carbocycles. The molecule has 0 fully saturated rings. The number of para-hydroxylation sites is 1. The smallest absolute Gasteiger partial charge is 0.257 e. The molecule has 0 bridgehead atoms. The summed E-state index contributed by atoms with van der Waals surface area (Å²) in [5.74, 6) is 0.126. The van der Waals surface area contributed by atoms with Gasteiger partial charge in [0.15, 0.2) is 0 Å². The van der Waals surface area contributed by atoms with E-state index in [1.54, 1.807) is 24.5 Å². The Morgan fingerprint density at radius 2 is 1.81 bits per heavy atom. The van der Waals surface area contributed by atoms with Crippen molar-refractivity contribution in [2.75, 3.05) is 10.6 Å². The van der Waals surface area contributed by atoms with Crippen LogP contribution in [0.5, 0.6) is 0 Å². The number of nitrogens with zero attached hydrogens (tertiary/aromatic N) is 1. The van der Waals surface area contributed by atoms with Crippen LogP contribution in [0.3, 0.4) is 0 Å². The molecule has 132 valence electrons. The van der Waals surface area contributed by atoms with Gasteiger partial charge in [-0.1, -0.05) is 49.7 Å². The average Bonchev–Trinajstić information content (AvgIpc) is 2.62. The first-order chi connectivity index (χ1) is 12.5. The van der Waals surface area contributed by atoms with Crippen LogP contribution in [0.15, 0.2) is 67.0 Å². The van der Waals surface area contributed by atoms with Gasteiger partial charge in [-0.25, -0.2) is 0 Å². The van der Waals surface area contributed by atoms with Crippen molar-refractivity contribution in [1.29, 1.82) is 0 Å². The van der Waals surface area contributed by atoms with Crippen LogP contribution in [-0.2, 0) is 0 Å². The number of aromatic nitrogens is 1. The topological polar surface area (TPSA) is 54.0 Å². The number of pyridine rings is 1. The van der Waals surface area contributed by atoms with E-state index in [0.29, 0.717) is 16.5 Å². The molecule has 4 nitrogen and oxygen atoms in total. The molecule has 0 aliphatic heterocycles. The van der Waals surface area contributed by atoms with Crippen LogP contribution in [0.2, 0.25) is 5.02 Å². The van der Waals surface area contributed by atoms with Crippen LogP contribution in [0, 0.1) is 0 Å². The van der Waals surface area contributed by atoms with Gasteiger partial charge >= 0.3 is 0 Å². The number of hydrogen-bond acceptors (Lipinski definition) is 3. The standard InChI is InChI=1S/C21H20ClN3O/c1-14(2)19-8-3-4-9-20(19)25-21(26)15-10-18(13-23-12-15)24-17-7-5-6-16(22)11-17/h3-14,24H,1-2H3,(H,25,26). The largest absolute Gasteiger partial charge is 0.354 e. The van der Waals surface area contributed by atoms with Gasteiger partial charge in [0.1, 0.15) is 0 Å². The van der Waals surface area contributed by atoms with Crippen molar-refractivity contribution in [1.82, 2.24) is 4.98 Å². The Morgan fingerprint density at radius 3 is 2.58 bits per heavy atom. The van der Waals surface area contributed by atoms with Crippen molar-refractivity contribution in [2.24, 2.45) is 0 Å². The van der Waals surface area contributed by atoms with E-state index >= 15 is 0 Å². The van der Waals surface area contributed by atoms with E-state index in [2.05, 4.69) is 29.5 Å². The number of hydrogen-bond donors (Lipinski definition) is 2. The first-order valence-corrected chi connectivity index (χ1v) is 8.78. The van der Waals surface area contributed by atoms with Gasteiger partial charge in [0.2, 0.25) is 0 Å². The van der Waals surface area contributed by atoms with Crippen LogP contribution in [0.4, 0.5) is 17.1 Å². The average molecular weight is 366 g/mol. The van der Waals surface area contributed by atoms with Crippen LogP contribution >= 0.6 is 11.6 Å². The molecule has 3 rings (SSSR count). The molecule has 2 aromatic carbocycles. The summed E-state index contributed by atoms with van der Waals surface area (Å²) in [6.07, 6.45) is 3.22. The number of carbonyl (C=O) groups is 1. The Labute approximate surface area is 158 Å². The monoisotopic (exact) mass is 365 g/mol. The van der Waals surface area contributed by atoms with Crippen molar-refractivity contribution in [3.05, 3.63) is 83.1 Å². The molecular weight excluding hydrogens is 346 g/mol. The molecule has 0 saturated heterocycles. The number of carbonyl (C=O) groups excluding carboxylic acids is 1. The SMILES string of the molecule is CC(C)c1ccccc1NC(=O)c1cncc(Nc2cccc(Cl)c2)c1. The molecule has 0 spiro atoms. The highest BCUT2D eigenvalue weighted by atomic mass is 35.5. The van der Waals surface area contributed by atoms with E-state index in [4.69, 9.17) is 11.6 Å². The molecule has 1 amide bonds. The van der Waals surface area contributed by atoms with Crippen LogP contribution in [0.1, 0.15) is 35.7 Å². The number of amides is 1. The highest BCUT2D eigenvalue weighted by molar-refractivity contribution is 6.30. The molecule has 2 N–H and O–H groups in total. The summed E-state index contributed by atoms with van der Waals surface area (Å²) in [5, 5.41) is 6.83. The third-order valence-electron chi connectivity index (χ3n) is 3.94. The molecule has 26 heavy (non-hydrogen) atoms. The van der Waals surface area contributed by atoms with E-state index in [1.165, 1.54) is 0 Å². The third kappa shape index (κ3) is 4.41. The fourth-order valence-corrected chi connectivity index (χ4v) is 2.86.